The van der Waals surface area contributed by atoms with Crippen LogP contribution in [0, 0.1) is 13.8 Å². The Labute approximate surface area is 190 Å². The van der Waals surface area contributed by atoms with Crippen molar-refractivity contribution in [2.24, 2.45) is 0 Å². The summed E-state index contributed by atoms with van der Waals surface area (Å²) >= 11 is 0. The molecule has 0 aliphatic rings. The number of aromatic nitrogens is 6. The molecule has 0 unspecified atom stereocenters. The molecular weight excluding hydrogens is 418 g/mol. The molecule has 5 rings (SSSR count). The SMILES string of the molecule is Cc1cc(C)n(-c2ccc(NC(=O)c3cc(-c4ccco4)nc4c3cnn4C(C)C)cn2)n1. The zero-order valence-corrected chi connectivity index (χ0v) is 18.8. The smallest absolute Gasteiger partial charge is 0.256 e. The lowest BCUT2D eigenvalue weighted by Crippen LogP contribution is -2.14. The predicted octanol–water partition coefficient (Wildman–Crippen LogP) is 4.72. The molecule has 0 fully saturated rings. The van der Waals surface area contributed by atoms with E-state index in [1.165, 1.54) is 0 Å². The fourth-order valence-electron chi connectivity index (χ4n) is 3.78. The van der Waals surface area contributed by atoms with Gasteiger partial charge in [0.25, 0.3) is 5.91 Å². The van der Waals surface area contributed by atoms with Gasteiger partial charge in [-0.2, -0.15) is 10.2 Å². The predicted molar refractivity (Wildman–Crippen MR) is 124 cm³/mol. The van der Waals surface area contributed by atoms with Crippen LogP contribution in [0.4, 0.5) is 5.69 Å². The second kappa shape index (κ2) is 8.01. The lowest BCUT2D eigenvalue weighted by atomic mass is 10.1. The summed E-state index contributed by atoms with van der Waals surface area (Å²) in [7, 11) is 0. The van der Waals surface area contributed by atoms with Crippen molar-refractivity contribution in [2.45, 2.75) is 33.7 Å². The van der Waals surface area contributed by atoms with Crippen LogP contribution < -0.4 is 5.32 Å². The zero-order chi connectivity index (χ0) is 23.1. The normalized spacial score (nSPS) is 11.4. The Morgan fingerprint density at radius 2 is 1.97 bits per heavy atom. The van der Waals surface area contributed by atoms with Crippen LogP contribution in [0.15, 0.2) is 59.5 Å². The Bertz CT molecular complexity index is 1440. The number of anilines is 1. The van der Waals surface area contributed by atoms with Crippen LogP contribution in [0.2, 0.25) is 0 Å². The van der Waals surface area contributed by atoms with Gasteiger partial charge in [0.15, 0.2) is 17.2 Å². The van der Waals surface area contributed by atoms with Gasteiger partial charge in [-0.1, -0.05) is 0 Å². The molecule has 0 aliphatic heterocycles. The number of nitrogens with one attached hydrogen (secondary N) is 1. The van der Waals surface area contributed by atoms with Gasteiger partial charge in [0, 0.05) is 11.7 Å². The van der Waals surface area contributed by atoms with E-state index in [-0.39, 0.29) is 11.9 Å². The minimum Gasteiger partial charge on any atom is -0.463 e. The molecule has 1 N–H and O–H groups in total. The van der Waals surface area contributed by atoms with Crippen molar-refractivity contribution in [3.8, 4) is 17.3 Å². The van der Waals surface area contributed by atoms with Crippen molar-refractivity contribution in [1.82, 2.24) is 29.5 Å². The van der Waals surface area contributed by atoms with Crippen LogP contribution in [0.25, 0.3) is 28.3 Å². The second-order valence-electron chi connectivity index (χ2n) is 8.15. The Balaban J connectivity index is 1.50. The highest BCUT2D eigenvalue weighted by atomic mass is 16.3. The van der Waals surface area contributed by atoms with Gasteiger partial charge in [-0.25, -0.2) is 19.3 Å². The third kappa shape index (κ3) is 3.78. The van der Waals surface area contributed by atoms with E-state index in [0.717, 1.165) is 11.4 Å². The van der Waals surface area contributed by atoms with Gasteiger partial charge in [0.2, 0.25) is 0 Å². The number of pyridine rings is 2. The van der Waals surface area contributed by atoms with Crippen LogP contribution in [0.3, 0.4) is 0 Å². The van der Waals surface area contributed by atoms with Crippen molar-refractivity contribution < 1.29 is 9.21 Å². The summed E-state index contributed by atoms with van der Waals surface area (Å²) < 4.78 is 9.08. The molecule has 0 aromatic carbocycles. The third-order valence-electron chi connectivity index (χ3n) is 5.31. The van der Waals surface area contributed by atoms with E-state index in [9.17, 15) is 4.79 Å². The van der Waals surface area contributed by atoms with E-state index in [4.69, 9.17) is 9.40 Å². The topological polar surface area (TPSA) is 104 Å². The summed E-state index contributed by atoms with van der Waals surface area (Å²) in [6.07, 6.45) is 4.87. The molecule has 5 aromatic rings. The molecule has 1 amide bonds. The number of hydrogen-bond acceptors (Lipinski definition) is 6. The first kappa shape index (κ1) is 20.6. The van der Waals surface area contributed by atoms with Gasteiger partial charge in [0.05, 0.1) is 41.0 Å². The zero-order valence-electron chi connectivity index (χ0n) is 18.8. The average molecular weight is 441 g/mol. The van der Waals surface area contributed by atoms with Gasteiger partial charge in [0.1, 0.15) is 5.69 Å². The lowest BCUT2D eigenvalue weighted by Gasteiger charge is -2.10. The summed E-state index contributed by atoms with van der Waals surface area (Å²) in [6, 6.07) is 11.0. The van der Waals surface area contributed by atoms with Gasteiger partial charge in [-0.3, -0.25) is 4.79 Å². The maximum atomic E-state index is 13.3. The quantitative estimate of drug-likeness (QED) is 0.423. The Morgan fingerprint density at radius 3 is 2.61 bits per heavy atom. The van der Waals surface area contributed by atoms with Crippen LogP contribution in [0.1, 0.15) is 41.6 Å². The van der Waals surface area contributed by atoms with Gasteiger partial charge in [-0.15, -0.1) is 0 Å². The first-order valence-electron chi connectivity index (χ1n) is 10.6. The Kier molecular flexibility index (Phi) is 5.01. The van der Waals surface area contributed by atoms with Gasteiger partial charge >= 0.3 is 0 Å². The summed E-state index contributed by atoms with van der Waals surface area (Å²) in [4.78, 5) is 22.5. The first-order valence-corrected chi connectivity index (χ1v) is 10.6. The molecule has 0 saturated heterocycles. The maximum absolute atomic E-state index is 13.3. The van der Waals surface area contributed by atoms with E-state index in [1.54, 1.807) is 46.2 Å². The molecule has 0 radical (unpaired) electrons. The Hall–Kier alpha value is -4.27. The number of carbonyl (C=O) groups excluding carboxylic acids is 1. The lowest BCUT2D eigenvalue weighted by molar-refractivity contribution is 0.102. The fraction of sp³-hybridized carbons (Fsp3) is 0.208. The van der Waals surface area contributed by atoms with Crippen molar-refractivity contribution in [3.05, 3.63) is 72.0 Å². The molecule has 33 heavy (non-hydrogen) atoms. The van der Waals surface area contributed by atoms with Crippen LogP contribution in [0.5, 0.6) is 0 Å². The fourth-order valence-corrected chi connectivity index (χ4v) is 3.78. The number of hydrogen-bond donors (Lipinski definition) is 1. The van der Waals surface area contributed by atoms with E-state index in [2.05, 4.69) is 20.5 Å². The molecule has 5 aromatic heterocycles. The number of fused-ring (bicyclic) bond motifs is 1. The van der Waals surface area contributed by atoms with E-state index in [1.807, 2.05) is 45.9 Å². The number of rotatable bonds is 5. The first-order chi connectivity index (χ1) is 15.9. The highest BCUT2D eigenvalue weighted by Gasteiger charge is 2.19. The number of nitrogens with zero attached hydrogens (tertiary/aromatic N) is 6. The second-order valence-corrected chi connectivity index (χ2v) is 8.15. The summed E-state index contributed by atoms with van der Waals surface area (Å²) in [5, 5.41) is 12.5. The molecular formula is C24H23N7O2. The molecule has 0 saturated carbocycles. The minimum atomic E-state index is -0.279. The summed E-state index contributed by atoms with van der Waals surface area (Å²) in [5.74, 6) is 0.987. The maximum Gasteiger partial charge on any atom is 0.256 e. The number of amides is 1. The monoisotopic (exact) mass is 441 g/mol. The molecule has 0 aliphatic carbocycles. The van der Waals surface area contributed by atoms with Crippen molar-refractivity contribution >= 4 is 22.6 Å². The number of carbonyl (C=O) groups is 1. The molecule has 0 atom stereocenters. The molecule has 166 valence electrons. The number of furan rings is 1. The van der Waals surface area contributed by atoms with Crippen molar-refractivity contribution in [2.75, 3.05) is 5.32 Å². The highest BCUT2D eigenvalue weighted by molar-refractivity contribution is 6.12. The summed E-state index contributed by atoms with van der Waals surface area (Å²) in [5.41, 5.74) is 4.14. The number of aryl methyl sites for hydroxylation is 2. The highest BCUT2D eigenvalue weighted by Crippen LogP contribution is 2.27. The van der Waals surface area contributed by atoms with Crippen LogP contribution in [-0.2, 0) is 0 Å². The van der Waals surface area contributed by atoms with E-state index in [0.29, 0.717) is 39.6 Å². The summed E-state index contributed by atoms with van der Waals surface area (Å²) in [6.45, 7) is 7.94. The molecule has 5 heterocycles. The van der Waals surface area contributed by atoms with Crippen molar-refractivity contribution in [1.29, 1.82) is 0 Å². The molecule has 0 spiro atoms. The van der Waals surface area contributed by atoms with E-state index < -0.39 is 0 Å². The van der Waals surface area contributed by atoms with Gasteiger partial charge < -0.3 is 9.73 Å². The molecule has 9 heteroatoms. The van der Waals surface area contributed by atoms with Crippen LogP contribution >= 0.6 is 0 Å². The van der Waals surface area contributed by atoms with E-state index >= 15 is 0 Å². The van der Waals surface area contributed by atoms with Crippen molar-refractivity contribution in [3.63, 3.8) is 0 Å². The average Bonchev–Trinajstić information content (AvgIpc) is 3.53. The third-order valence-corrected chi connectivity index (χ3v) is 5.31. The molecule has 9 nitrogen and oxygen atoms in total. The largest absolute Gasteiger partial charge is 0.463 e. The standard InChI is InChI=1S/C24H23N7O2/c1-14(2)30-23-19(13-26-30)18(11-20(28-23)21-6-5-9-33-21)24(32)27-17-7-8-22(25-12-17)31-16(4)10-15(3)29-31/h5-14H,1-4H3,(H,27,32). The minimum absolute atomic E-state index is 0.0869. The Morgan fingerprint density at radius 1 is 1.12 bits per heavy atom. The van der Waals surface area contributed by atoms with Gasteiger partial charge in [-0.05, 0) is 64.1 Å². The molecule has 0 bridgehead atoms. The van der Waals surface area contributed by atoms with Crippen LogP contribution in [-0.4, -0.2) is 35.4 Å².